The molecule has 0 amide bonds. The van der Waals surface area contributed by atoms with Gasteiger partial charge >= 0.3 is 0 Å². The van der Waals surface area contributed by atoms with Gasteiger partial charge in [-0.25, -0.2) is 0 Å². The van der Waals surface area contributed by atoms with Crippen LogP contribution < -0.4 is 4.74 Å². The van der Waals surface area contributed by atoms with Gasteiger partial charge < -0.3 is 9.47 Å². The van der Waals surface area contributed by atoms with Crippen LogP contribution in [0.15, 0.2) is 6.07 Å². The molecule has 0 saturated carbocycles. The quantitative estimate of drug-likeness (QED) is 0.734. The van der Waals surface area contributed by atoms with Gasteiger partial charge in [-0.3, -0.25) is 0 Å². The summed E-state index contributed by atoms with van der Waals surface area (Å²) in [6.45, 7) is 8.15. The Morgan fingerprint density at radius 2 is 1.94 bits per heavy atom. The van der Waals surface area contributed by atoms with Crippen LogP contribution in [0.2, 0.25) is 5.02 Å². The van der Waals surface area contributed by atoms with Crippen molar-refractivity contribution < 1.29 is 9.47 Å². The van der Waals surface area contributed by atoms with Gasteiger partial charge in [0.05, 0.1) is 12.7 Å². The summed E-state index contributed by atoms with van der Waals surface area (Å²) in [7, 11) is 1.68. The molecule has 1 aliphatic rings. The molecule has 1 aromatic carbocycles. The number of hydrogen-bond acceptors (Lipinski definition) is 2. The molecule has 1 aliphatic heterocycles. The van der Waals surface area contributed by atoms with Crippen LogP contribution in [0.3, 0.4) is 0 Å². The SMILES string of the molecule is COc1cc(C)c(Cl)c(C)c1C1OC1(C)C. The lowest BCUT2D eigenvalue weighted by Gasteiger charge is -2.14. The van der Waals surface area contributed by atoms with Crippen molar-refractivity contribution in [2.75, 3.05) is 7.11 Å². The topological polar surface area (TPSA) is 21.8 Å². The first-order chi connectivity index (χ1) is 7.38. The monoisotopic (exact) mass is 240 g/mol. The smallest absolute Gasteiger partial charge is 0.125 e. The molecule has 0 spiro atoms. The van der Waals surface area contributed by atoms with Crippen LogP contribution >= 0.6 is 11.6 Å². The molecule has 0 aromatic heterocycles. The van der Waals surface area contributed by atoms with Crippen LogP contribution in [0.5, 0.6) is 5.75 Å². The summed E-state index contributed by atoms with van der Waals surface area (Å²) < 4.78 is 11.1. The molecule has 1 unspecified atom stereocenters. The van der Waals surface area contributed by atoms with Crippen molar-refractivity contribution in [1.29, 1.82) is 0 Å². The maximum absolute atomic E-state index is 6.27. The van der Waals surface area contributed by atoms with E-state index in [1.54, 1.807) is 7.11 Å². The Bertz CT molecular complexity index is 438. The predicted molar refractivity (Wildman–Crippen MR) is 65.4 cm³/mol. The van der Waals surface area contributed by atoms with Crippen LogP contribution in [-0.4, -0.2) is 12.7 Å². The van der Waals surface area contributed by atoms with E-state index in [9.17, 15) is 0 Å². The van der Waals surface area contributed by atoms with E-state index in [4.69, 9.17) is 21.1 Å². The zero-order valence-corrected chi connectivity index (χ0v) is 11.1. The van der Waals surface area contributed by atoms with Crippen molar-refractivity contribution in [3.05, 3.63) is 27.8 Å². The number of benzene rings is 1. The highest BCUT2D eigenvalue weighted by Gasteiger charge is 2.51. The van der Waals surface area contributed by atoms with E-state index in [0.29, 0.717) is 0 Å². The van der Waals surface area contributed by atoms with Crippen LogP contribution in [0.1, 0.15) is 36.6 Å². The average Bonchev–Trinajstić information content (AvgIpc) is 2.83. The summed E-state index contributed by atoms with van der Waals surface area (Å²) in [5.41, 5.74) is 3.09. The minimum Gasteiger partial charge on any atom is -0.496 e. The van der Waals surface area contributed by atoms with Crippen LogP contribution in [0.4, 0.5) is 0 Å². The number of ether oxygens (including phenoxy) is 2. The lowest BCUT2D eigenvalue weighted by molar-refractivity contribution is 0.322. The molecule has 2 rings (SSSR count). The van der Waals surface area contributed by atoms with Gasteiger partial charge in [0, 0.05) is 10.6 Å². The number of aryl methyl sites for hydroxylation is 1. The molecule has 1 aromatic rings. The summed E-state index contributed by atoms with van der Waals surface area (Å²) >= 11 is 6.27. The molecule has 0 aliphatic carbocycles. The van der Waals surface area contributed by atoms with Gasteiger partial charge in [0.25, 0.3) is 0 Å². The summed E-state index contributed by atoms with van der Waals surface area (Å²) in [5, 5.41) is 0.808. The van der Waals surface area contributed by atoms with Crippen molar-refractivity contribution >= 4 is 11.6 Å². The fourth-order valence-corrected chi connectivity index (χ4v) is 2.26. The highest BCUT2D eigenvalue weighted by molar-refractivity contribution is 6.32. The van der Waals surface area contributed by atoms with Gasteiger partial charge in [-0.1, -0.05) is 11.6 Å². The molecule has 0 N–H and O–H groups in total. The van der Waals surface area contributed by atoms with E-state index >= 15 is 0 Å². The van der Waals surface area contributed by atoms with Gasteiger partial charge in [0.15, 0.2) is 0 Å². The number of halogens is 1. The van der Waals surface area contributed by atoms with Crippen molar-refractivity contribution in [2.24, 2.45) is 0 Å². The number of methoxy groups -OCH3 is 1. The average molecular weight is 241 g/mol. The zero-order chi connectivity index (χ0) is 12.1. The molecule has 88 valence electrons. The molecule has 0 radical (unpaired) electrons. The molecule has 0 bridgehead atoms. The normalized spacial score (nSPS) is 22.0. The number of rotatable bonds is 2. The Balaban J connectivity index is 2.55. The van der Waals surface area contributed by atoms with E-state index in [0.717, 1.165) is 27.5 Å². The van der Waals surface area contributed by atoms with Gasteiger partial charge in [-0.15, -0.1) is 0 Å². The molecule has 16 heavy (non-hydrogen) atoms. The molecule has 3 heteroatoms. The molecular weight excluding hydrogens is 224 g/mol. The minimum atomic E-state index is -0.101. The largest absolute Gasteiger partial charge is 0.496 e. The second kappa shape index (κ2) is 3.64. The summed E-state index contributed by atoms with van der Waals surface area (Å²) in [6.07, 6.45) is 0.0977. The number of hydrogen-bond donors (Lipinski definition) is 0. The Morgan fingerprint density at radius 3 is 2.38 bits per heavy atom. The van der Waals surface area contributed by atoms with Gasteiger partial charge in [-0.2, -0.15) is 0 Å². The van der Waals surface area contributed by atoms with E-state index in [2.05, 4.69) is 13.8 Å². The zero-order valence-electron chi connectivity index (χ0n) is 10.3. The van der Waals surface area contributed by atoms with Crippen molar-refractivity contribution in [1.82, 2.24) is 0 Å². The standard InChI is InChI=1S/C13H17ClO2/c1-7-6-9(15-5)10(8(2)11(7)14)12-13(3,4)16-12/h6,12H,1-5H3. The van der Waals surface area contributed by atoms with Crippen molar-refractivity contribution in [3.8, 4) is 5.75 Å². The van der Waals surface area contributed by atoms with Crippen LogP contribution in [0.25, 0.3) is 0 Å². The first-order valence-corrected chi connectivity index (χ1v) is 5.77. The van der Waals surface area contributed by atoms with E-state index in [1.165, 1.54) is 0 Å². The summed E-state index contributed by atoms with van der Waals surface area (Å²) in [4.78, 5) is 0. The highest BCUT2D eigenvalue weighted by atomic mass is 35.5. The van der Waals surface area contributed by atoms with E-state index in [1.807, 2.05) is 19.9 Å². The highest BCUT2D eigenvalue weighted by Crippen LogP contribution is 2.53. The molecule has 1 fully saturated rings. The lowest BCUT2D eigenvalue weighted by Crippen LogP contribution is -2.03. The molecule has 1 atom stereocenters. The molecule has 1 saturated heterocycles. The molecule has 2 nitrogen and oxygen atoms in total. The van der Waals surface area contributed by atoms with E-state index in [-0.39, 0.29) is 11.7 Å². The van der Waals surface area contributed by atoms with Crippen molar-refractivity contribution in [2.45, 2.75) is 39.4 Å². The second-order valence-corrected chi connectivity index (χ2v) is 5.23. The first kappa shape index (κ1) is 11.7. The maximum atomic E-state index is 6.27. The fraction of sp³-hybridized carbons (Fsp3) is 0.538. The van der Waals surface area contributed by atoms with Crippen LogP contribution in [0, 0.1) is 13.8 Å². The van der Waals surface area contributed by atoms with Gasteiger partial charge in [-0.05, 0) is 44.9 Å². The minimum absolute atomic E-state index is 0.0977. The summed E-state index contributed by atoms with van der Waals surface area (Å²) in [6, 6.07) is 1.97. The third-order valence-corrected chi connectivity index (χ3v) is 3.75. The Kier molecular flexibility index (Phi) is 2.67. The van der Waals surface area contributed by atoms with Gasteiger partial charge in [0.2, 0.25) is 0 Å². The van der Waals surface area contributed by atoms with Crippen LogP contribution in [-0.2, 0) is 4.74 Å². The first-order valence-electron chi connectivity index (χ1n) is 5.40. The van der Waals surface area contributed by atoms with Crippen molar-refractivity contribution in [3.63, 3.8) is 0 Å². The summed E-state index contributed by atoms with van der Waals surface area (Å²) in [5.74, 6) is 0.870. The third-order valence-electron chi connectivity index (χ3n) is 3.17. The third kappa shape index (κ3) is 1.70. The van der Waals surface area contributed by atoms with E-state index < -0.39 is 0 Å². The number of epoxide rings is 1. The Morgan fingerprint density at radius 1 is 1.38 bits per heavy atom. The molecular formula is C13H17ClO2. The second-order valence-electron chi connectivity index (χ2n) is 4.85. The fourth-order valence-electron chi connectivity index (χ4n) is 2.11. The lowest BCUT2D eigenvalue weighted by atomic mass is 9.96. The molecule has 1 heterocycles. The maximum Gasteiger partial charge on any atom is 0.125 e. The van der Waals surface area contributed by atoms with Gasteiger partial charge in [0.1, 0.15) is 11.9 Å². The Hall–Kier alpha value is -0.730. The Labute approximate surface area is 102 Å². The predicted octanol–water partition coefficient (Wildman–Crippen LogP) is 3.82.